The van der Waals surface area contributed by atoms with Gasteiger partial charge in [-0.1, -0.05) is 66.5 Å². The summed E-state index contributed by atoms with van der Waals surface area (Å²) in [5.41, 5.74) is 3.35. The Hall–Kier alpha value is -0.240. The third-order valence-corrected chi connectivity index (χ3v) is 2.82. The normalized spacial score (nSPS) is 10.8. The van der Waals surface area contributed by atoms with E-state index in [1.54, 1.807) is 11.1 Å². The molecule has 0 radical (unpaired) electrons. The first-order chi connectivity index (χ1) is 8.02. The van der Waals surface area contributed by atoms with Crippen LogP contribution in [0.2, 0.25) is 0 Å². The monoisotopic (exact) mass is 277 g/mol. The molecule has 0 aliphatic heterocycles. The van der Waals surface area contributed by atoms with Gasteiger partial charge in [0.1, 0.15) is 0 Å². The van der Waals surface area contributed by atoms with Crippen molar-refractivity contribution in [2.24, 2.45) is 23.7 Å². The summed E-state index contributed by atoms with van der Waals surface area (Å²) in [4.78, 5) is 14.2. The topological polar surface area (TPSA) is 57.5 Å². The van der Waals surface area contributed by atoms with Gasteiger partial charge in [-0.05, 0) is 23.7 Å². The second-order valence-electron chi connectivity index (χ2n) is 5.78. The highest BCUT2D eigenvalue weighted by atomic mass is 31.1. The second-order valence-corrected chi connectivity index (χ2v) is 6.29. The van der Waals surface area contributed by atoms with Crippen molar-refractivity contribution in [2.45, 2.75) is 55.4 Å². The van der Waals surface area contributed by atoms with Crippen molar-refractivity contribution in [1.82, 2.24) is 0 Å². The van der Waals surface area contributed by atoms with Crippen molar-refractivity contribution in [2.75, 3.05) is 0 Å². The first-order valence-corrected chi connectivity index (χ1v) is 7.77. The molecule has 0 saturated carbocycles. The zero-order valence-electron chi connectivity index (χ0n) is 13.1. The summed E-state index contributed by atoms with van der Waals surface area (Å²) in [6.45, 7) is 18.6. The van der Waals surface area contributed by atoms with Crippen LogP contribution in [-0.4, -0.2) is 9.79 Å². The summed E-state index contributed by atoms with van der Waals surface area (Å²) in [6.07, 6.45) is 0. The van der Waals surface area contributed by atoms with Gasteiger partial charge < -0.3 is 0 Å². The Morgan fingerprint density at radius 2 is 0.778 bits per heavy atom. The molecule has 108 valence electrons. The second kappa shape index (κ2) is 9.66. The Kier molecular flexibility index (Phi) is 10.8. The summed E-state index contributed by atoms with van der Waals surface area (Å²) in [7, 11) is -2.87. The van der Waals surface area contributed by atoms with E-state index >= 15 is 0 Å². The molecule has 0 unspecified atom stereocenters. The molecule has 0 aromatic carbocycles. The van der Waals surface area contributed by atoms with Crippen LogP contribution < -0.4 is 0 Å². The van der Waals surface area contributed by atoms with Crippen LogP contribution in [0.5, 0.6) is 0 Å². The predicted octanol–water partition coefficient (Wildman–Crippen LogP) is 4.54. The first kappa shape index (κ1) is 20.1. The summed E-state index contributed by atoms with van der Waals surface area (Å²) in [6, 6.07) is 0. The van der Waals surface area contributed by atoms with Crippen molar-refractivity contribution in [1.29, 1.82) is 0 Å². The van der Waals surface area contributed by atoms with Crippen LogP contribution >= 0.6 is 8.25 Å². The molecule has 0 atom stereocenters. The van der Waals surface area contributed by atoms with Gasteiger partial charge >= 0.3 is 8.25 Å². The lowest BCUT2D eigenvalue weighted by Crippen LogP contribution is -2.14. The molecule has 0 aromatic heterocycles. The van der Waals surface area contributed by atoms with Gasteiger partial charge in [0, 0.05) is 4.57 Å². The van der Waals surface area contributed by atoms with E-state index in [9.17, 15) is 0 Å². The Morgan fingerprint density at radius 3 is 0.833 bits per heavy atom. The molecule has 0 rings (SSSR count). The molecule has 0 fully saturated rings. The van der Waals surface area contributed by atoms with Gasteiger partial charge in [0.05, 0.1) is 0 Å². The lowest BCUT2D eigenvalue weighted by Gasteiger charge is -2.27. The van der Waals surface area contributed by atoms with Gasteiger partial charge in [-0.25, -0.2) is 0 Å². The average molecular weight is 277 g/mol. The number of allylic oxidation sites excluding steroid dienone is 2. The van der Waals surface area contributed by atoms with E-state index in [0.29, 0.717) is 23.7 Å². The van der Waals surface area contributed by atoms with Gasteiger partial charge in [-0.2, -0.15) is 0 Å². The Labute approximate surface area is 113 Å². The summed E-state index contributed by atoms with van der Waals surface area (Å²) in [5.74, 6) is 2.76. The number of hydrogen-bond donors (Lipinski definition) is 2. The maximum Gasteiger partial charge on any atom is 0.692 e. The van der Waals surface area contributed by atoms with Crippen LogP contribution in [0, 0.1) is 23.7 Å². The third-order valence-electron chi connectivity index (χ3n) is 2.82. The molecule has 3 nitrogen and oxygen atoms in total. The molecule has 4 heteroatoms. The van der Waals surface area contributed by atoms with Crippen LogP contribution in [0.15, 0.2) is 11.1 Å². The van der Waals surface area contributed by atoms with Gasteiger partial charge in [-0.15, -0.1) is 9.79 Å². The Balaban J connectivity index is 0. The zero-order chi connectivity index (χ0) is 15.0. The maximum atomic E-state index is 8.70. The van der Waals surface area contributed by atoms with Crippen molar-refractivity contribution < 1.29 is 14.4 Å². The highest BCUT2D eigenvalue weighted by Crippen LogP contribution is 2.32. The molecule has 2 N–H and O–H groups in total. The van der Waals surface area contributed by atoms with Gasteiger partial charge in [0.15, 0.2) is 0 Å². The summed E-state index contributed by atoms with van der Waals surface area (Å²) >= 11 is 0. The van der Waals surface area contributed by atoms with Crippen LogP contribution in [0.1, 0.15) is 55.4 Å². The highest BCUT2D eigenvalue weighted by molar-refractivity contribution is 7.30. The fourth-order valence-electron chi connectivity index (χ4n) is 2.67. The Bertz CT molecular complexity index is 233. The minimum atomic E-state index is -2.87. The van der Waals surface area contributed by atoms with Crippen LogP contribution in [0.4, 0.5) is 0 Å². The van der Waals surface area contributed by atoms with Crippen LogP contribution in [0.25, 0.3) is 0 Å². The average Bonchev–Trinajstić information content (AvgIpc) is 2.09. The van der Waals surface area contributed by atoms with E-state index in [0.717, 1.165) is 0 Å². The lowest BCUT2D eigenvalue weighted by molar-refractivity contribution is 0.405. The van der Waals surface area contributed by atoms with Crippen molar-refractivity contribution in [3.63, 3.8) is 0 Å². The van der Waals surface area contributed by atoms with E-state index in [1.165, 1.54) is 0 Å². The molecule has 18 heavy (non-hydrogen) atoms. The standard InChI is InChI=1S/C14H28.HO3P/c1-9(2)13(10(3)4)14(11(5)6)12(7)8;1-4(2)3/h9-12H,1-8H3;(H-,1,2,3)/p+1. The molecule has 0 aromatic rings. The molecule has 0 aliphatic carbocycles. The van der Waals surface area contributed by atoms with E-state index in [1.807, 2.05) is 0 Å². The molecule has 0 amide bonds. The Morgan fingerprint density at radius 1 is 0.667 bits per heavy atom. The van der Waals surface area contributed by atoms with Gasteiger partial charge in [-0.3, -0.25) is 0 Å². The maximum absolute atomic E-state index is 8.70. The molecule has 0 aliphatic rings. The molecule has 0 saturated heterocycles. The minimum absolute atomic E-state index is 0.690. The van der Waals surface area contributed by atoms with E-state index in [-0.39, 0.29) is 0 Å². The number of rotatable bonds is 4. The number of hydrogen-bond acceptors (Lipinski definition) is 1. The quantitative estimate of drug-likeness (QED) is 0.586. The fraction of sp³-hybridized carbons (Fsp3) is 0.857. The largest absolute Gasteiger partial charge is 0.692 e. The van der Waals surface area contributed by atoms with Gasteiger partial charge in [0.25, 0.3) is 0 Å². The smallest absolute Gasteiger partial charge is 0.134 e. The third kappa shape index (κ3) is 8.79. The molecule has 0 spiro atoms. The van der Waals surface area contributed by atoms with Crippen LogP contribution in [-0.2, 0) is 4.57 Å². The minimum Gasteiger partial charge on any atom is -0.134 e. The van der Waals surface area contributed by atoms with E-state index < -0.39 is 8.25 Å². The van der Waals surface area contributed by atoms with Crippen LogP contribution in [0.3, 0.4) is 0 Å². The first-order valence-electron chi connectivity index (χ1n) is 6.61. The lowest BCUT2D eigenvalue weighted by atomic mass is 9.79. The molecule has 0 heterocycles. The van der Waals surface area contributed by atoms with Crippen molar-refractivity contribution in [3.8, 4) is 0 Å². The van der Waals surface area contributed by atoms with Crippen molar-refractivity contribution in [3.05, 3.63) is 11.1 Å². The SMILES string of the molecule is CC(C)C(=C(C(C)C)C(C)C)C(C)C.O=[P+](O)O. The van der Waals surface area contributed by atoms with Gasteiger partial charge in [0.2, 0.25) is 0 Å². The summed E-state index contributed by atoms with van der Waals surface area (Å²) < 4.78 is 8.70. The van der Waals surface area contributed by atoms with E-state index in [2.05, 4.69) is 55.4 Å². The van der Waals surface area contributed by atoms with E-state index in [4.69, 9.17) is 14.4 Å². The molecular weight excluding hydrogens is 247 g/mol. The molecule has 0 bridgehead atoms. The predicted molar refractivity (Wildman–Crippen MR) is 78.4 cm³/mol. The molecular formula is C14H30O3P+. The zero-order valence-corrected chi connectivity index (χ0v) is 14.0. The van der Waals surface area contributed by atoms with Crippen molar-refractivity contribution >= 4 is 8.25 Å². The highest BCUT2D eigenvalue weighted by Gasteiger charge is 2.18. The fourth-order valence-corrected chi connectivity index (χ4v) is 2.67. The summed E-state index contributed by atoms with van der Waals surface area (Å²) in [5, 5.41) is 0.